The third-order valence-electron chi connectivity index (χ3n) is 1.90. The van der Waals surface area contributed by atoms with Crippen molar-refractivity contribution in [1.29, 1.82) is 0 Å². The van der Waals surface area contributed by atoms with E-state index in [-0.39, 0.29) is 17.7 Å². The number of hydrogen-bond acceptors (Lipinski definition) is 3. The first kappa shape index (κ1) is 12.6. The number of rotatable bonds is 6. The van der Waals surface area contributed by atoms with Crippen LogP contribution in [0.3, 0.4) is 0 Å². The zero-order valence-corrected chi connectivity index (χ0v) is 9.13. The molecule has 3 N–H and O–H groups in total. The summed E-state index contributed by atoms with van der Waals surface area (Å²) >= 11 is 0. The molecule has 0 rings (SSSR count). The van der Waals surface area contributed by atoms with E-state index in [2.05, 4.69) is 5.32 Å². The topological polar surface area (TPSA) is 55.1 Å². The molecule has 0 aliphatic carbocycles. The molecule has 0 aliphatic rings. The van der Waals surface area contributed by atoms with Crippen LogP contribution in [0, 0.1) is 5.92 Å². The Morgan fingerprint density at radius 1 is 1.31 bits per heavy atom. The molecular formula is C10H22N2O. The summed E-state index contributed by atoms with van der Waals surface area (Å²) in [6, 6.07) is 0.268. The summed E-state index contributed by atoms with van der Waals surface area (Å²) in [5.74, 6) is 0.349. The monoisotopic (exact) mass is 186 g/mol. The summed E-state index contributed by atoms with van der Waals surface area (Å²) in [5.41, 5.74) is 5.45. The third-order valence-corrected chi connectivity index (χ3v) is 1.90. The number of carbonyl (C=O) groups is 1. The van der Waals surface area contributed by atoms with Crippen LogP contribution in [0.2, 0.25) is 0 Å². The van der Waals surface area contributed by atoms with Gasteiger partial charge in [-0.15, -0.1) is 0 Å². The van der Waals surface area contributed by atoms with Gasteiger partial charge in [-0.25, -0.2) is 0 Å². The number of nitrogens with one attached hydrogen (secondary N) is 1. The maximum atomic E-state index is 11.7. The highest BCUT2D eigenvalue weighted by atomic mass is 16.1. The maximum absolute atomic E-state index is 11.7. The predicted molar refractivity (Wildman–Crippen MR) is 55.6 cm³/mol. The van der Waals surface area contributed by atoms with E-state index in [4.69, 9.17) is 5.73 Å². The lowest BCUT2D eigenvalue weighted by molar-refractivity contribution is -0.124. The maximum Gasteiger partial charge on any atom is 0.152 e. The molecule has 1 unspecified atom stereocenters. The standard InChI is InChI=1S/C10H22N2O/c1-7(2)10(13)9(5-6-11)12-8(3)4/h7-9,12H,5-6,11H2,1-4H3. The Bertz CT molecular complexity index is 155. The van der Waals surface area contributed by atoms with Crippen LogP contribution in [-0.4, -0.2) is 24.4 Å². The van der Waals surface area contributed by atoms with Gasteiger partial charge in [-0.05, 0) is 13.0 Å². The molecule has 0 aromatic rings. The van der Waals surface area contributed by atoms with Gasteiger partial charge in [0.25, 0.3) is 0 Å². The van der Waals surface area contributed by atoms with E-state index < -0.39 is 0 Å². The quantitative estimate of drug-likeness (QED) is 0.648. The van der Waals surface area contributed by atoms with Crippen LogP contribution in [-0.2, 0) is 4.79 Å². The minimum Gasteiger partial charge on any atom is -0.330 e. The van der Waals surface area contributed by atoms with Gasteiger partial charge in [0.15, 0.2) is 5.78 Å². The Hall–Kier alpha value is -0.410. The van der Waals surface area contributed by atoms with E-state index in [0.717, 1.165) is 6.42 Å². The Balaban J connectivity index is 4.15. The van der Waals surface area contributed by atoms with Gasteiger partial charge in [0.2, 0.25) is 0 Å². The fraction of sp³-hybridized carbons (Fsp3) is 0.900. The predicted octanol–water partition coefficient (Wildman–Crippen LogP) is 0.927. The Morgan fingerprint density at radius 3 is 2.15 bits per heavy atom. The number of hydrogen-bond donors (Lipinski definition) is 2. The molecule has 0 spiro atoms. The number of Topliss-reactive ketones (excluding diaryl/α,β-unsaturated/α-hetero) is 1. The molecule has 0 amide bonds. The van der Waals surface area contributed by atoms with Crippen LogP contribution >= 0.6 is 0 Å². The summed E-state index contributed by atoms with van der Waals surface area (Å²) in [4.78, 5) is 11.7. The number of nitrogens with two attached hydrogens (primary N) is 1. The van der Waals surface area contributed by atoms with E-state index >= 15 is 0 Å². The molecule has 0 aliphatic heterocycles. The molecule has 1 atom stereocenters. The van der Waals surface area contributed by atoms with Gasteiger partial charge in [-0.1, -0.05) is 27.7 Å². The van der Waals surface area contributed by atoms with Crippen molar-refractivity contribution >= 4 is 5.78 Å². The molecule has 0 heterocycles. The second-order valence-electron chi connectivity index (χ2n) is 4.01. The summed E-state index contributed by atoms with van der Waals surface area (Å²) in [6.45, 7) is 8.48. The van der Waals surface area contributed by atoms with Gasteiger partial charge < -0.3 is 11.1 Å². The number of ketones is 1. The molecule has 0 saturated carbocycles. The van der Waals surface area contributed by atoms with Crippen molar-refractivity contribution in [2.45, 2.75) is 46.2 Å². The Morgan fingerprint density at radius 2 is 1.85 bits per heavy atom. The van der Waals surface area contributed by atoms with E-state index in [1.807, 2.05) is 27.7 Å². The van der Waals surface area contributed by atoms with Crippen LogP contribution in [0.4, 0.5) is 0 Å². The second-order valence-corrected chi connectivity index (χ2v) is 4.01. The van der Waals surface area contributed by atoms with E-state index in [0.29, 0.717) is 12.6 Å². The summed E-state index contributed by atoms with van der Waals surface area (Å²) in [5, 5.41) is 3.23. The lowest BCUT2D eigenvalue weighted by Gasteiger charge is -2.21. The van der Waals surface area contributed by atoms with E-state index in [1.54, 1.807) is 0 Å². The molecular weight excluding hydrogens is 164 g/mol. The highest BCUT2D eigenvalue weighted by Gasteiger charge is 2.20. The van der Waals surface area contributed by atoms with Crippen LogP contribution in [0.15, 0.2) is 0 Å². The largest absolute Gasteiger partial charge is 0.330 e. The zero-order chi connectivity index (χ0) is 10.4. The van der Waals surface area contributed by atoms with Gasteiger partial charge in [0.1, 0.15) is 0 Å². The fourth-order valence-electron chi connectivity index (χ4n) is 1.28. The first-order chi connectivity index (χ1) is 5.99. The first-order valence-corrected chi connectivity index (χ1v) is 4.98. The fourth-order valence-corrected chi connectivity index (χ4v) is 1.28. The van der Waals surface area contributed by atoms with Crippen molar-refractivity contribution < 1.29 is 4.79 Å². The van der Waals surface area contributed by atoms with Gasteiger partial charge in [0, 0.05) is 12.0 Å². The minimum absolute atomic E-state index is 0.0648. The second kappa shape index (κ2) is 6.11. The minimum atomic E-state index is -0.0648. The van der Waals surface area contributed by atoms with E-state index in [9.17, 15) is 4.79 Å². The highest BCUT2D eigenvalue weighted by Crippen LogP contribution is 2.03. The molecule has 0 saturated heterocycles. The average Bonchev–Trinajstić information content (AvgIpc) is 2.01. The van der Waals surface area contributed by atoms with Crippen LogP contribution in [0.1, 0.15) is 34.1 Å². The van der Waals surface area contributed by atoms with Crippen molar-refractivity contribution in [2.24, 2.45) is 11.7 Å². The first-order valence-electron chi connectivity index (χ1n) is 4.98. The molecule has 0 bridgehead atoms. The van der Waals surface area contributed by atoms with Crippen LogP contribution in [0.5, 0.6) is 0 Å². The molecule has 0 aromatic carbocycles. The van der Waals surface area contributed by atoms with Crippen molar-refractivity contribution in [3.63, 3.8) is 0 Å². The van der Waals surface area contributed by atoms with E-state index in [1.165, 1.54) is 0 Å². The van der Waals surface area contributed by atoms with Gasteiger partial charge in [0.05, 0.1) is 6.04 Å². The molecule has 3 heteroatoms. The summed E-state index contributed by atoms with van der Waals surface area (Å²) in [7, 11) is 0. The SMILES string of the molecule is CC(C)NC(CCN)C(=O)C(C)C. The van der Waals surface area contributed by atoms with Crippen molar-refractivity contribution in [3.05, 3.63) is 0 Å². The molecule has 13 heavy (non-hydrogen) atoms. The van der Waals surface area contributed by atoms with Crippen molar-refractivity contribution in [3.8, 4) is 0 Å². The lowest BCUT2D eigenvalue weighted by atomic mass is 9.99. The molecule has 78 valence electrons. The van der Waals surface area contributed by atoms with Gasteiger partial charge >= 0.3 is 0 Å². The van der Waals surface area contributed by atoms with Crippen LogP contribution in [0.25, 0.3) is 0 Å². The lowest BCUT2D eigenvalue weighted by Crippen LogP contribution is -2.43. The summed E-state index contributed by atoms with van der Waals surface area (Å²) < 4.78 is 0. The normalized spacial score (nSPS) is 13.8. The zero-order valence-electron chi connectivity index (χ0n) is 9.13. The van der Waals surface area contributed by atoms with Gasteiger partial charge in [-0.2, -0.15) is 0 Å². The molecule has 0 fully saturated rings. The average molecular weight is 186 g/mol. The molecule has 0 radical (unpaired) electrons. The Kier molecular flexibility index (Phi) is 5.91. The van der Waals surface area contributed by atoms with Gasteiger partial charge in [-0.3, -0.25) is 4.79 Å². The smallest absolute Gasteiger partial charge is 0.152 e. The Labute approximate surface area is 81.1 Å². The summed E-state index contributed by atoms with van der Waals surface area (Å²) in [6.07, 6.45) is 0.731. The highest BCUT2D eigenvalue weighted by molar-refractivity contribution is 5.85. The third kappa shape index (κ3) is 5.01. The van der Waals surface area contributed by atoms with Crippen molar-refractivity contribution in [2.75, 3.05) is 6.54 Å². The number of carbonyl (C=O) groups excluding carboxylic acids is 1. The molecule has 0 aromatic heterocycles. The van der Waals surface area contributed by atoms with Crippen molar-refractivity contribution in [1.82, 2.24) is 5.32 Å². The molecule has 3 nitrogen and oxygen atoms in total. The van der Waals surface area contributed by atoms with Crippen LogP contribution < -0.4 is 11.1 Å².